The van der Waals surface area contributed by atoms with Gasteiger partial charge in [-0.1, -0.05) is 6.07 Å². The molecule has 1 heterocycles. The third-order valence-corrected chi connectivity index (χ3v) is 2.45. The van der Waals surface area contributed by atoms with Gasteiger partial charge in [-0.15, -0.1) is 0 Å². The lowest BCUT2D eigenvalue weighted by atomic mass is 10.1. The maximum Gasteiger partial charge on any atom is 0.310 e. The predicted molar refractivity (Wildman–Crippen MR) is 63.9 cm³/mol. The van der Waals surface area contributed by atoms with E-state index in [4.69, 9.17) is 4.74 Å². The zero-order valence-corrected chi connectivity index (χ0v) is 9.58. The van der Waals surface area contributed by atoms with Gasteiger partial charge in [-0.25, -0.2) is 0 Å². The van der Waals surface area contributed by atoms with Gasteiger partial charge in [0.05, 0.1) is 30.9 Å². The fraction of sp³-hybridized carbons (Fsp3) is 0.333. The molecule has 1 amide bonds. The zero-order chi connectivity index (χ0) is 12.3. The van der Waals surface area contributed by atoms with Crippen LogP contribution in [0.1, 0.15) is 12.5 Å². The molecule has 5 nitrogen and oxygen atoms in total. The van der Waals surface area contributed by atoms with E-state index in [1.807, 2.05) is 12.1 Å². The molecular weight excluding hydrogens is 220 g/mol. The molecule has 0 spiro atoms. The number of esters is 1. The summed E-state index contributed by atoms with van der Waals surface area (Å²) >= 11 is 0. The fourth-order valence-electron chi connectivity index (χ4n) is 1.71. The van der Waals surface area contributed by atoms with E-state index in [0.717, 1.165) is 16.9 Å². The molecule has 17 heavy (non-hydrogen) atoms. The van der Waals surface area contributed by atoms with Gasteiger partial charge in [0, 0.05) is 0 Å². The van der Waals surface area contributed by atoms with Gasteiger partial charge in [0.1, 0.15) is 0 Å². The van der Waals surface area contributed by atoms with E-state index in [1.54, 1.807) is 13.0 Å². The van der Waals surface area contributed by atoms with E-state index in [1.165, 1.54) is 0 Å². The first-order valence-electron chi connectivity index (χ1n) is 5.51. The van der Waals surface area contributed by atoms with E-state index in [-0.39, 0.29) is 24.8 Å². The molecule has 0 saturated heterocycles. The Morgan fingerprint density at radius 2 is 2.24 bits per heavy atom. The van der Waals surface area contributed by atoms with Crippen LogP contribution in [0, 0.1) is 0 Å². The highest BCUT2D eigenvalue weighted by Gasteiger charge is 2.14. The molecule has 90 valence electrons. The van der Waals surface area contributed by atoms with Crippen molar-refractivity contribution in [3.05, 3.63) is 23.8 Å². The van der Waals surface area contributed by atoms with Crippen LogP contribution in [0.4, 0.5) is 11.4 Å². The Bertz CT molecular complexity index is 457. The average Bonchev–Trinajstić information content (AvgIpc) is 2.29. The SMILES string of the molecule is CCOC(=O)Cc1ccc2c(c1)NCC(=O)N2. The molecule has 5 heteroatoms. The molecular formula is C12H14N2O3. The largest absolute Gasteiger partial charge is 0.466 e. The number of carbonyl (C=O) groups excluding carboxylic acids is 2. The second-order valence-electron chi connectivity index (χ2n) is 3.76. The molecule has 0 radical (unpaired) electrons. The first-order valence-corrected chi connectivity index (χ1v) is 5.51. The minimum atomic E-state index is -0.243. The van der Waals surface area contributed by atoms with E-state index in [0.29, 0.717) is 6.61 Å². The second-order valence-corrected chi connectivity index (χ2v) is 3.76. The van der Waals surface area contributed by atoms with Crippen molar-refractivity contribution in [2.75, 3.05) is 23.8 Å². The Morgan fingerprint density at radius 1 is 1.41 bits per heavy atom. The summed E-state index contributed by atoms with van der Waals surface area (Å²) in [5, 5.41) is 5.74. The lowest BCUT2D eigenvalue weighted by molar-refractivity contribution is -0.142. The van der Waals surface area contributed by atoms with Crippen LogP contribution in [-0.4, -0.2) is 25.0 Å². The van der Waals surface area contributed by atoms with Crippen molar-refractivity contribution in [3.63, 3.8) is 0 Å². The topological polar surface area (TPSA) is 67.4 Å². The molecule has 0 atom stereocenters. The highest BCUT2D eigenvalue weighted by atomic mass is 16.5. The normalized spacial score (nSPS) is 13.4. The first kappa shape index (κ1) is 11.4. The van der Waals surface area contributed by atoms with Gasteiger partial charge in [-0.3, -0.25) is 9.59 Å². The van der Waals surface area contributed by atoms with Crippen LogP contribution in [0.2, 0.25) is 0 Å². The molecule has 2 N–H and O–H groups in total. The number of benzene rings is 1. The lowest BCUT2D eigenvalue weighted by Crippen LogP contribution is -2.27. The number of nitrogens with one attached hydrogen (secondary N) is 2. The number of amides is 1. The maximum atomic E-state index is 11.3. The van der Waals surface area contributed by atoms with Crippen molar-refractivity contribution in [1.82, 2.24) is 0 Å². The van der Waals surface area contributed by atoms with Gasteiger partial charge in [0.15, 0.2) is 0 Å². The minimum absolute atomic E-state index is 0.0596. The molecule has 0 fully saturated rings. The van der Waals surface area contributed by atoms with Crippen molar-refractivity contribution >= 4 is 23.3 Å². The van der Waals surface area contributed by atoms with Gasteiger partial charge in [0.2, 0.25) is 5.91 Å². The van der Waals surface area contributed by atoms with Gasteiger partial charge < -0.3 is 15.4 Å². The van der Waals surface area contributed by atoms with Gasteiger partial charge >= 0.3 is 5.97 Å². The highest BCUT2D eigenvalue weighted by Crippen LogP contribution is 2.25. The number of carbonyl (C=O) groups is 2. The summed E-state index contributed by atoms with van der Waals surface area (Å²) in [6.45, 7) is 2.43. The summed E-state index contributed by atoms with van der Waals surface area (Å²) in [5.41, 5.74) is 2.45. The van der Waals surface area contributed by atoms with Gasteiger partial charge in [-0.05, 0) is 24.6 Å². The third kappa shape index (κ3) is 2.75. The summed E-state index contributed by atoms with van der Waals surface area (Å²) in [6, 6.07) is 5.45. The number of hydrogen-bond donors (Lipinski definition) is 2. The Balaban J connectivity index is 2.11. The molecule has 0 bridgehead atoms. The predicted octanol–water partition coefficient (Wildman–Crippen LogP) is 1.16. The first-order chi connectivity index (χ1) is 8.19. The van der Waals surface area contributed by atoms with Crippen molar-refractivity contribution < 1.29 is 14.3 Å². The number of fused-ring (bicyclic) bond motifs is 1. The molecule has 0 unspecified atom stereocenters. The van der Waals surface area contributed by atoms with Crippen LogP contribution >= 0.6 is 0 Å². The zero-order valence-electron chi connectivity index (χ0n) is 9.58. The van der Waals surface area contributed by atoms with Crippen molar-refractivity contribution in [1.29, 1.82) is 0 Å². The standard InChI is InChI=1S/C12H14N2O3/c1-2-17-12(16)6-8-3-4-9-10(5-8)13-7-11(15)14-9/h3-5,13H,2,6-7H2,1H3,(H,14,15). The smallest absolute Gasteiger partial charge is 0.310 e. The maximum absolute atomic E-state index is 11.3. The van der Waals surface area contributed by atoms with E-state index >= 15 is 0 Å². The van der Waals surface area contributed by atoms with Crippen molar-refractivity contribution in [3.8, 4) is 0 Å². The second kappa shape index (κ2) is 4.86. The van der Waals surface area contributed by atoms with Crippen LogP contribution in [0.15, 0.2) is 18.2 Å². The number of ether oxygens (including phenoxy) is 1. The van der Waals surface area contributed by atoms with Crippen LogP contribution in [0.25, 0.3) is 0 Å². The molecule has 1 aromatic carbocycles. The van der Waals surface area contributed by atoms with E-state index in [2.05, 4.69) is 10.6 Å². The van der Waals surface area contributed by atoms with E-state index in [9.17, 15) is 9.59 Å². The molecule has 2 rings (SSSR count). The summed E-state index contributed by atoms with van der Waals surface area (Å²) in [5.74, 6) is -0.303. The summed E-state index contributed by atoms with van der Waals surface area (Å²) in [4.78, 5) is 22.4. The molecule has 0 saturated carbocycles. The molecule has 1 aliphatic heterocycles. The average molecular weight is 234 g/mol. The van der Waals surface area contributed by atoms with Crippen LogP contribution in [-0.2, 0) is 20.7 Å². The Labute approximate surface area is 99.2 Å². The Hall–Kier alpha value is -2.04. The number of rotatable bonds is 3. The molecule has 0 aromatic heterocycles. The molecule has 0 aliphatic carbocycles. The Morgan fingerprint density at radius 3 is 3.00 bits per heavy atom. The lowest BCUT2D eigenvalue weighted by Gasteiger charge is -2.19. The van der Waals surface area contributed by atoms with Crippen molar-refractivity contribution in [2.24, 2.45) is 0 Å². The monoisotopic (exact) mass is 234 g/mol. The number of hydrogen-bond acceptors (Lipinski definition) is 4. The summed E-state index contributed by atoms with van der Waals surface area (Å²) < 4.78 is 4.88. The number of anilines is 2. The van der Waals surface area contributed by atoms with Crippen LogP contribution in [0.3, 0.4) is 0 Å². The summed E-state index contributed by atoms with van der Waals surface area (Å²) in [6.07, 6.45) is 0.247. The van der Waals surface area contributed by atoms with E-state index < -0.39 is 0 Å². The molecule has 1 aliphatic rings. The quantitative estimate of drug-likeness (QED) is 0.770. The Kier molecular flexibility index (Phi) is 3.27. The third-order valence-electron chi connectivity index (χ3n) is 2.45. The molecule has 1 aromatic rings. The highest BCUT2D eigenvalue weighted by molar-refractivity contribution is 6.00. The summed E-state index contributed by atoms with van der Waals surface area (Å²) in [7, 11) is 0. The van der Waals surface area contributed by atoms with Crippen LogP contribution in [0.5, 0.6) is 0 Å². The van der Waals surface area contributed by atoms with Crippen LogP contribution < -0.4 is 10.6 Å². The van der Waals surface area contributed by atoms with Gasteiger partial charge in [-0.2, -0.15) is 0 Å². The minimum Gasteiger partial charge on any atom is -0.466 e. The van der Waals surface area contributed by atoms with Crippen molar-refractivity contribution in [2.45, 2.75) is 13.3 Å². The fourth-order valence-corrected chi connectivity index (χ4v) is 1.71. The van der Waals surface area contributed by atoms with Gasteiger partial charge in [0.25, 0.3) is 0 Å².